The molecule has 23 heteroatoms. The second kappa shape index (κ2) is 37.4. The van der Waals surface area contributed by atoms with Crippen molar-refractivity contribution in [1.29, 1.82) is 0 Å². The summed E-state index contributed by atoms with van der Waals surface area (Å²) in [5.41, 5.74) is -2.38. The summed E-state index contributed by atoms with van der Waals surface area (Å²) in [5, 5.41) is 69.0. The average Bonchev–Trinajstić information content (AvgIpc) is 1.46. The Kier molecular flexibility index (Phi) is 27.7. The summed E-state index contributed by atoms with van der Waals surface area (Å²) in [6.07, 6.45) is 34.5. The summed E-state index contributed by atoms with van der Waals surface area (Å²) >= 11 is 0. The van der Waals surface area contributed by atoms with Crippen LogP contribution in [0.25, 0.3) is 0 Å². The molecule has 0 spiro atoms. The van der Waals surface area contributed by atoms with E-state index in [2.05, 4.69) is 149 Å². The fourth-order valence-electron chi connectivity index (χ4n) is 34.1. The number of fused-ring (bicyclic) bond motifs is 26. The zero-order valence-corrected chi connectivity index (χ0v) is 84.0. The molecule has 762 valence electrons. The molecule has 0 radical (unpaired) electrons. The summed E-state index contributed by atoms with van der Waals surface area (Å²) in [6.45, 7) is 42.7. The number of anilines is 1. The number of carbonyl (C=O) groups excluding carboxylic acids is 5. The number of hydrogen-bond donors (Lipinski definition) is 7. The first kappa shape index (κ1) is 104. The summed E-state index contributed by atoms with van der Waals surface area (Å²) in [5.74, 6) is -1.01. The SMILES string of the molecule is C.C=C1C=C[C@@]2(C)C(=C1)CC[C@@H]1[C@@H]2[C@@H](O)C[C@@]2(C)[C@H]1C[C@@H]1OC(CCC)O[C@]12C(=O)CO.C=C1C=C[C@@]2(C)C(=C1)CC[C@@H]1[C@@H]2[C@@H](O)C[C@@]2(C)[C@H]1C[C@@H]1O[C@@H](CCC)O[C@]12C(=O)COc1ccc(F)cc1.C=C1C=C[C@@]2(C)C(=C1)CC[C@@H]1[C@@H]2[C@@H](O)C[C@@]2(C)[C@H]1C[C@@H]1O[C@@H](CCC)O[C@]12C(=O)COc1ccc(NC(C)=O)cc1.C=C1C=C[C@@]2(C)C(=C1)[C@@H](F)C[C@H]1[C@@H]3C[C@@H](C)[C@](O)(C(=O)CO)[C@@]3(C)C[C@H](C)[C@@]12F. The minimum atomic E-state index is -1.72. The van der Waals surface area contributed by atoms with Gasteiger partial charge in [0.15, 0.2) is 47.2 Å². The molecular formula is C117H154F3NO19. The van der Waals surface area contributed by atoms with Crippen molar-refractivity contribution in [3.63, 3.8) is 0 Å². The number of carbonyl (C=O) groups is 5. The van der Waals surface area contributed by atoms with Gasteiger partial charge in [0.05, 0.1) is 36.6 Å². The molecule has 3 heterocycles. The fourth-order valence-corrected chi connectivity index (χ4v) is 34.1. The third-order valence-corrected chi connectivity index (χ3v) is 40.1. The second-order valence-electron chi connectivity index (χ2n) is 47.0. The Balaban J connectivity index is 0.000000130. The first-order chi connectivity index (χ1) is 65.7. The number of allylic oxidation sites excluding steroid dienone is 20. The molecule has 2 aromatic rings. The fraction of sp³-hybridized carbons (Fsp3) is 0.650. The number of ether oxygens (including phenoxy) is 8. The van der Waals surface area contributed by atoms with Crippen LogP contribution in [-0.2, 0) is 52.4 Å². The van der Waals surface area contributed by atoms with E-state index < -0.39 is 135 Å². The first-order valence-electron chi connectivity index (χ1n) is 51.9. The molecule has 3 saturated heterocycles. The molecule has 21 rings (SSSR count). The number of amides is 1. The van der Waals surface area contributed by atoms with E-state index in [0.717, 1.165) is 100 Å². The maximum absolute atomic E-state index is 17.2. The van der Waals surface area contributed by atoms with E-state index in [0.29, 0.717) is 73.3 Å². The van der Waals surface area contributed by atoms with Gasteiger partial charge in [0.25, 0.3) is 0 Å². The van der Waals surface area contributed by atoms with Crippen LogP contribution >= 0.6 is 0 Å². The number of hydrogen-bond acceptors (Lipinski definition) is 19. The third-order valence-electron chi connectivity index (χ3n) is 40.1. The molecule has 1 unspecified atom stereocenters. The van der Waals surface area contributed by atoms with Crippen LogP contribution < -0.4 is 14.8 Å². The molecule has 2 aromatic carbocycles. The van der Waals surface area contributed by atoms with Gasteiger partial charge in [0, 0.05) is 79.6 Å². The number of Topliss-reactive ketones (excluding diaryl/α,β-unsaturated/α-hetero) is 4. The Bertz CT molecular complexity index is 5500. The molecule has 3 aliphatic heterocycles. The van der Waals surface area contributed by atoms with Crippen molar-refractivity contribution in [3.8, 4) is 11.5 Å². The van der Waals surface area contributed by atoms with Crippen molar-refractivity contribution in [2.24, 2.45) is 120 Å². The maximum atomic E-state index is 17.2. The molecule has 0 bridgehead atoms. The number of aliphatic hydroxyl groups excluding tert-OH is 5. The van der Waals surface area contributed by atoms with Crippen molar-refractivity contribution < 1.29 is 106 Å². The standard InChI is InChI=1S/C34H43NO6.C32H39FO5.C26H36O5.C24H32F2O3.CH4/c1-6-7-30-40-29-17-26-25-13-8-22-16-20(2)14-15-32(22,4)31(25)27(37)18-33(26,5)34(29,41-30)28(38)19-39-24-11-9-23(10-12-24)35-21(3)36;1-5-6-28-37-27-16-24-23-12-7-20-15-19(2)13-14-30(20,3)29(23)25(34)17-31(24,4)32(27,38-28)26(35)18-36-22-10-8-21(33)9-11-22;1-5-6-22-30-21-12-18-17-8-7-16-11-15(2)9-10-24(16,3)23(17)19(28)13-25(18,4)26(21,31-22)20(29)14-27;1-13-6-7-21(4)18(8-13)19(25)10-17-16-9-14(2)24(29,20(28)12-27)22(16,5)11-15(3)23(17,21)26;/h9-12,14-16,25-27,29-31,37H,2,6-8,13,17-19H2,1,3-5H3,(H,35,36);8-11,13-15,23-25,27-29,34H,2,5-7,12,16-18H2,1,3-4H3;9-11,17-19,21-23,27-28H,2,5-8,12-14H2,1,3-4H3;6-8,14-17,19,27,29H,1,9-12H2,2-5H3;1H4/t25-,26-,27-,29-,30+,31+,32-,33-,34+;23-,24-,25-,27-,28+,29+,30-,31-,32+;17-,18-,19-,21-,22?,23+,24-,25-,26+;14-,15+,16+,17+,19+,21+,22+,23-,24+;/m0001./s1. The van der Waals surface area contributed by atoms with E-state index in [9.17, 15) is 59.0 Å². The molecule has 7 N–H and O–H groups in total. The number of benzene rings is 2. The normalized spacial score (nSPS) is 45.9. The smallest absolute Gasteiger partial charge is 0.221 e. The van der Waals surface area contributed by atoms with Crippen LogP contribution in [0.15, 0.2) is 192 Å². The predicted octanol–water partition coefficient (Wildman–Crippen LogP) is 20.1. The van der Waals surface area contributed by atoms with E-state index in [1.165, 1.54) is 47.9 Å². The van der Waals surface area contributed by atoms with Gasteiger partial charge in [-0.05, 0) is 252 Å². The number of halogens is 3. The van der Waals surface area contributed by atoms with Crippen LogP contribution in [0.2, 0.25) is 0 Å². The molecule has 12 saturated carbocycles. The predicted molar refractivity (Wildman–Crippen MR) is 529 cm³/mol. The molecule has 20 nitrogen and oxygen atoms in total. The van der Waals surface area contributed by atoms with Crippen LogP contribution in [-0.4, -0.2) is 176 Å². The molecule has 140 heavy (non-hydrogen) atoms. The molecule has 19 aliphatic rings. The zero-order chi connectivity index (χ0) is 99.8. The molecule has 1 amide bonds. The lowest BCUT2D eigenvalue weighted by Crippen LogP contribution is -2.68. The lowest BCUT2D eigenvalue weighted by Gasteiger charge is -2.64. The summed E-state index contributed by atoms with van der Waals surface area (Å²) in [7, 11) is 0. The lowest BCUT2D eigenvalue weighted by molar-refractivity contribution is -0.203. The van der Waals surface area contributed by atoms with Crippen molar-refractivity contribution in [3.05, 3.63) is 198 Å². The highest BCUT2D eigenvalue weighted by Crippen LogP contribution is 2.77. The Morgan fingerprint density at radius 3 is 1.21 bits per heavy atom. The monoisotopic (exact) mass is 1930 g/mol. The molecule has 0 aromatic heterocycles. The van der Waals surface area contributed by atoms with Crippen LogP contribution in [0.3, 0.4) is 0 Å². The van der Waals surface area contributed by atoms with Gasteiger partial charge in [-0.1, -0.05) is 226 Å². The number of nitrogens with one attached hydrogen (secondary N) is 1. The van der Waals surface area contributed by atoms with E-state index in [1.807, 2.05) is 13.8 Å². The van der Waals surface area contributed by atoms with E-state index in [1.54, 1.807) is 56.3 Å². The number of aliphatic hydroxyl groups is 6. The maximum Gasteiger partial charge on any atom is 0.221 e. The van der Waals surface area contributed by atoms with Gasteiger partial charge in [-0.25, -0.2) is 13.2 Å². The third kappa shape index (κ3) is 15.4. The van der Waals surface area contributed by atoms with E-state index in [-0.39, 0.29) is 150 Å². The Morgan fingerprint density at radius 2 is 0.836 bits per heavy atom. The van der Waals surface area contributed by atoms with Gasteiger partial charge < -0.3 is 73.9 Å². The van der Waals surface area contributed by atoms with Gasteiger partial charge in [-0.3, -0.25) is 24.0 Å². The van der Waals surface area contributed by atoms with Crippen molar-refractivity contribution in [2.75, 3.05) is 31.7 Å². The lowest BCUT2D eigenvalue weighted by atomic mass is 9.42. The second-order valence-corrected chi connectivity index (χ2v) is 47.0. The topological polar surface area (TPSA) is 293 Å². The highest BCUT2D eigenvalue weighted by atomic mass is 19.1. The van der Waals surface area contributed by atoms with Crippen LogP contribution in [0.5, 0.6) is 11.5 Å². The average molecular weight is 1940 g/mol. The molecule has 36 atom stereocenters. The van der Waals surface area contributed by atoms with Crippen molar-refractivity contribution in [1.82, 2.24) is 0 Å². The van der Waals surface area contributed by atoms with E-state index >= 15 is 8.78 Å². The van der Waals surface area contributed by atoms with Crippen molar-refractivity contribution >= 4 is 34.7 Å². The summed E-state index contributed by atoms with van der Waals surface area (Å²) in [4.78, 5) is 65.8. The highest BCUT2D eigenvalue weighted by molar-refractivity contribution is 5.94. The Labute approximate surface area is 826 Å². The van der Waals surface area contributed by atoms with Crippen LogP contribution in [0, 0.1) is 126 Å². The van der Waals surface area contributed by atoms with Crippen LogP contribution in [0.4, 0.5) is 18.9 Å². The van der Waals surface area contributed by atoms with Gasteiger partial charge in [-0.15, -0.1) is 0 Å². The van der Waals surface area contributed by atoms with Crippen molar-refractivity contribution in [2.45, 2.75) is 329 Å². The number of alkyl halides is 2. The van der Waals surface area contributed by atoms with E-state index in [4.69, 9.17) is 37.9 Å². The highest BCUT2D eigenvalue weighted by Gasteiger charge is 2.81. The van der Waals surface area contributed by atoms with Gasteiger partial charge in [0.1, 0.15) is 61.2 Å². The van der Waals surface area contributed by atoms with Gasteiger partial charge in [-0.2, -0.15) is 0 Å². The number of rotatable bonds is 19. The molecule has 16 aliphatic carbocycles. The number of ketones is 4. The summed E-state index contributed by atoms with van der Waals surface area (Å²) in [6, 6.07) is 12.7. The van der Waals surface area contributed by atoms with Gasteiger partial charge >= 0.3 is 0 Å². The minimum absolute atomic E-state index is 0. The minimum Gasteiger partial charge on any atom is -0.486 e. The van der Waals surface area contributed by atoms with Gasteiger partial charge in [0.2, 0.25) is 17.5 Å². The van der Waals surface area contributed by atoms with Crippen LogP contribution in [0.1, 0.15) is 239 Å². The first-order valence-corrected chi connectivity index (χ1v) is 51.9. The quantitative estimate of drug-likeness (QED) is 0.0688. The Morgan fingerprint density at radius 1 is 0.471 bits per heavy atom. The zero-order valence-electron chi connectivity index (χ0n) is 84.0. The largest absolute Gasteiger partial charge is 0.486 e. The molecule has 15 fully saturated rings. The molecular weight excluding hydrogens is 1780 g/mol. The Hall–Kier alpha value is -7.62. The summed E-state index contributed by atoms with van der Waals surface area (Å²) < 4.78 is 97.0.